The lowest BCUT2D eigenvalue weighted by molar-refractivity contribution is 0.0464. The zero-order chi connectivity index (χ0) is 9.97. The average molecular weight is 190 g/mol. The van der Waals surface area contributed by atoms with Gasteiger partial charge < -0.3 is 4.74 Å². The molecule has 0 bridgehead atoms. The van der Waals surface area contributed by atoms with E-state index in [1.807, 2.05) is 10.9 Å². The Morgan fingerprint density at radius 2 is 2.64 bits per heavy atom. The largest absolute Gasteiger partial charge is 0.364 e. The fourth-order valence-corrected chi connectivity index (χ4v) is 1.87. The van der Waals surface area contributed by atoms with Gasteiger partial charge in [0.2, 0.25) is 0 Å². The molecular formula is C11H14N2O. The minimum atomic E-state index is 0.234. The zero-order valence-corrected chi connectivity index (χ0v) is 8.36. The molecule has 2 rings (SSSR count). The number of terminal acetylenes is 1. The van der Waals surface area contributed by atoms with Crippen molar-refractivity contribution in [3.63, 3.8) is 0 Å². The Kier molecular flexibility index (Phi) is 2.55. The zero-order valence-electron chi connectivity index (χ0n) is 8.36. The average Bonchev–Trinajstić information content (AvgIpc) is 2.57. The number of hydrogen-bond acceptors (Lipinski definition) is 2. The first-order valence-corrected chi connectivity index (χ1v) is 4.87. The highest BCUT2D eigenvalue weighted by Crippen LogP contribution is 2.19. The standard InChI is InChI=1S/C11H14N2O/c1-3-6-14-10-4-5-11-9(2)7-12-13(11)8-10/h1,7,10H,4-6,8H2,2H3/t10-/m0/s1. The van der Waals surface area contributed by atoms with E-state index < -0.39 is 0 Å². The second-order valence-electron chi connectivity index (χ2n) is 3.63. The van der Waals surface area contributed by atoms with E-state index in [1.54, 1.807) is 0 Å². The summed E-state index contributed by atoms with van der Waals surface area (Å²) in [6, 6.07) is 0. The van der Waals surface area contributed by atoms with Gasteiger partial charge in [-0.05, 0) is 25.3 Å². The maximum absolute atomic E-state index is 5.50. The Morgan fingerprint density at radius 3 is 3.43 bits per heavy atom. The number of aromatic nitrogens is 2. The molecule has 14 heavy (non-hydrogen) atoms. The Labute approximate surface area is 84.1 Å². The molecule has 0 saturated heterocycles. The van der Waals surface area contributed by atoms with E-state index in [9.17, 15) is 0 Å². The van der Waals surface area contributed by atoms with Gasteiger partial charge in [-0.15, -0.1) is 6.42 Å². The highest BCUT2D eigenvalue weighted by Gasteiger charge is 2.20. The molecule has 0 radical (unpaired) electrons. The van der Waals surface area contributed by atoms with Crippen molar-refractivity contribution < 1.29 is 4.74 Å². The summed E-state index contributed by atoms with van der Waals surface area (Å²) in [6.45, 7) is 3.34. The molecule has 74 valence electrons. The van der Waals surface area contributed by atoms with E-state index >= 15 is 0 Å². The lowest BCUT2D eigenvalue weighted by atomic mass is 10.1. The molecule has 0 amide bonds. The van der Waals surface area contributed by atoms with E-state index in [4.69, 9.17) is 11.2 Å². The van der Waals surface area contributed by atoms with Crippen molar-refractivity contribution in [1.82, 2.24) is 9.78 Å². The SMILES string of the molecule is C#CCO[C@H]1CCc2c(C)cnn2C1. The molecule has 1 aromatic rings. The van der Waals surface area contributed by atoms with E-state index in [0.717, 1.165) is 19.4 Å². The number of hydrogen-bond donors (Lipinski definition) is 0. The molecule has 0 spiro atoms. The Morgan fingerprint density at radius 1 is 1.79 bits per heavy atom. The lowest BCUT2D eigenvalue weighted by Crippen LogP contribution is -2.28. The van der Waals surface area contributed by atoms with Crippen LogP contribution in [0.5, 0.6) is 0 Å². The molecule has 0 aliphatic carbocycles. The van der Waals surface area contributed by atoms with Crippen molar-refractivity contribution in [3.05, 3.63) is 17.5 Å². The van der Waals surface area contributed by atoms with Crippen molar-refractivity contribution in [3.8, 4) is 12.3 Å². The molecule has 1 aliphatic heterocycles. The fraction of sp³-hybridized carbons (Fsp3) is 0.545. The summed E-state index contributed by atoms with van der Waals surface area (Å²) in [4.78, 5) is 0. The van der Waals surface area contributed by atoms with Crippen LogP contribution in [0.2, 0.25) is 0 Å². The summed E-state index contributed by atoms with van der Waals surface area (Å²) in [7, 11) is 0. The van der Waals surface area contributed by atoms with Crippen LogP contribution in [0.1, 0.15) is 17.7 Å². The quantitative estimate of drug-likeness (QED) is 0.654. The molecular weight excluding hydrogens is 176 g/mol. The van der Waals surface area contributed by atoms with Gasteiger partial charge in [0, 0.05) is 5.69 Å². The third kappa shape index (κ3) is 1.66. The van der Waals surface area contributed by atoms with Gasteiger partial charge in [0.15, 0.2) is 0 Å². The van der Waals surface area contributed by atoms with Crippen LogP contribution >= 0.6 is 0 Å². The maximum atomic E-state index is 5.50. The molecule has 0 saturated carbocycles. The van der Waals surface area contributed by atoms with Crippen LogP contribution in [0.25, 0.3) is 0 Å². The number of ether oxygens (including phenoxy) is 1. The molecule has 0 unspecified atom stereocenters. The van der Waals surface area contributed by atoms with Crippen molar-refractivity contribution in [2.45, 2.75) is 32.4 Å². The molecule has 1 aliphatic rings. The first kappa shape index (κ1) is 9.29. The van der Waals surface area contributed by atoms with Crippen LogP contribution in [-0.2, 0) is 17.7 Å². The van der Waals surface area contributed by atoms with Crippen LogP contribution in [0, 0.1) is 19.3 Å². The van der Waals surface area contributed by atoms with Gasteiger partial charge in [0.25, 0.3) is 0 Å². The van der Waals surface area contributed by atoms with E-state index in [1.165, 1.54) is 11.3 Å². The van der Waals surface area contributed by atoms with Crippen LogP contribution in [0.4, 0.5) is 0 Å². The summed E-state index contributed by atoms with van der Waals surface area (Å²) in [5.41, 5.74) is 2.62. The van der Waals surface area contributed by atoms with Crippen LogP contribution in [0.3, 0.4) is 0 Å². The monoisotopic (exact) mass is 190 g/mol. The molecule has 1 aromatic heterocycles. The van der Waals surface area contributed by atoms with Gasteiger partial charge in [0.1, 0.15) is 6.61 Å². The van der Waals surface area contributed by atoms with Gasteiger partial charge in [-0.25, -0.2) is 0 Å². The third-order valence-corrected chi connectivity index (χ3v) is 2.64. The Bertz CT molecular complexity index is 362. The normalized spacial score (nSPS) is 20.1. The first-order valence-electron chi connectivity index (χ1n) is 4.87. The minimum absolute atomic E-state index is 0.234. The van der Waals surface area contributed by atoms with Crippen molar-refractivity contribution >= 4 is 0 Å². The molecule has 1 atom stereocenters. The predicted octanol–water partition coefficient (Wildman–Crippen LogP) is 1.16. The first-order chi connectivity index (χ1) is 6.81. The molecule has 3 nitrogen and oxygen atoms in total. The number of rotatable bonds is 2. The van der Waals surface area contributed by atoms with E-state index in [0.29, 0.717) is 6.61 Å². The topological polar surface area (TPSA) is 27.1 Å². The summed E-state index contributed by atoms with van der Waals surface area (Å²) in [5.74, 6) is 2.49. The number of fused-ring (bicyclic) bond motifs is 1. The van der Waals surface area contributed by atoms with E-state index in [2.05, 4.69) is 17.9 Å². The smallest absolute Gasteiger partial charge is 0.107 e. The molecule has 0 fully saturated rings. The highest BCUT2D eigenvalue weighted by molar-refractivity contribution is 5.17. The summed E-state index contributed by atoms with van der Waals surface area (Å²) in [5, 5.41) is 4.30. The Balaban J connectivity index is 2.04. The fourth-order valence-electron chi connectivity index (χ4n) is 1.87. The predicted molar refractivity (Wildman–Crippen MR) is 53.9 cm³/mol. The number of nitrogens with zero attached hydrogens (tertiary/aromatic N) is 2. The van der Waals surface area contributed by atoms with Crippen LogP contribution in [0.15, 0.2) is 6.20 Å². The second-order valence-corrected chi connectivity index (χ2v) is 3.63. The molecule has 0 aromatic carbocycles. The highest BCUT2D eigenvalue weighted by atomic mass is 16.5. The third-order valence-electron chi connectivity index (χ3n) is 2.64. The van der Waals surface area contributed by atoms with Crippen LogP contribution < -0.4 is 0 Å². The number of aryl methyl sites for hydroxylation is 1. The van der Waals surface area contributed by atoms with Gasteiger partial charge in [-0.1, -0.05) is 5.92 Å². The van der Waals surface area contributed by atoms with Gasteiger partial charge in [0.05, 0.1) is 18.8 Å². The molecule has 3 heteroatoms. The van der Waals surface area contributed by atoms with E-state index in [-0.39, 0.29) is 6.10 Å². The summed E-state index contributed by atoms with van der Waals surface area (Å²) < 4.78 is 7.53. The Hall–Kier alpha value is -1.27. The van der Waals surface area contributed by atoms with Crippen LogP contribution in [-0.4, -0.2) is 22.5 Å². The maximum Gasteiger partial charge on any atom is 0.107 e. The summed E-state index contributed by atoms with van der Waals surface area (Å²) in [6.07, 6.45) is 9.39. The second kappa shape index (κ2) is 3.85. The van der Waals surface area contributed by atoms with Crippen molar-refractivity contribution in [1.29, 1.82) is 0 Å². The van der Waals surface area contributed by atoms with Crippen molar-refractivity contribution in [2.24, 2.45) is 0 Å². The minimum Gasteiger partial charge on any atom is -0.364 e. The summed E-state index contributed by atoms with van der Waals surface area (Å²) >= 11 is 0. The lowest BCUT2D eigenvalue weighted by Gasteiger charge is -2.23. The van der Waals surface area contributed by atoms with Gasteiger partial charge in [-0.3, -0.25) is 4.68 Å². The van der Waals surface area contributed by atoms with Crippen molar-refractivity contribution in [2.75, 3.05) is 6.61 Å². The molecule has 2 heterocycles. The van der Waals surface area contributed by atoms with Gasteiger partial charge >= 0.3 is 0 Å². The van der Waals surface area contributed by atoms with Gasteiger partial charge in [-0.2, -0.15) is 5.10 Å². The molecule has 0 N–H and O–H groups in total.